The first kappa shape index (κ1) is 13.9. The van der Waals surface area contributed by atoms with E-state index in [4.69, 9.17) is 0 Å². The lowest BCUT2D eigenvalue weighted by Crippen LogP contribution is -2.38. The van der Waals surface area contributed by atoms with Gasteiger partial charge in [0.15, 0.2) is 5.78 Å². The molecule has 0 bridgehead atoms. The molecule has 0 N–H and O–H groups in total. The number of rotatable bonds is 3. The van der Waals surface area contributed by atoms with Gasteiger partial charge >= 0.3 is 0 Å². The topological polar surface area (TPSA) is 30.0 Å². The second-order valence-electron chi connectivity index (χ2n) is 5.73. The van der Waals surface area contributed by atoms with Crippen LogP contribution in [0.3, 0.4) is 0 Å². The van der Waals surface area contributed by atoms with E-state index in [0.29, 0.717) is 5.56 Å². The number of benzene rings is 1. The molecular weight excluding hydrogens is 265 g/mol. The summed E-state index contributed by atoms with van der Waals surface area (Å²) in [7, 11) is 0. The average Bonchev–Trinajstić information content (AvgIpc) is 2.55. The fraction of sp³-hybridized carbons (Fsp3) is 0.333. The van der Waals surface area contributed by atoms with Gasteiger partial charge in [-0.25, -0.2) is 4.39 Å². The maximum absolute atomic E-state index is 13.4. The molecule has 0 spiro atoms. The molecule has 0 saturated heterocycles. The van der Waals surface area contributed by atoms with Gasteiger partial charge in [0.1, 0.15) is 5.82 Å². The average molecular weight is 283 g/mol. The fourth-order valence-corrected chi connectivity index (χ4v) is 3.37. The van der Waals surface area contributed by atoms with Crippen LogP contribution in [0.2, 0.25) is 0 Å². The smallest absolute Gasteiger partial charge is 0.175 e. The molecular formula is C18H18FNO. The van der Waals surface area contributed by atoms with Crippen molar-refractivity contribution in [1.29, 1.82) is 0 Å². The Labute approximate surface area is 124 Å². The molecule has 1 aliphatic rings. The van der Waals surface area contributed by atoms with Gasteiger partial charge in [0.25, 0.3) is 0 Å². The lowest BCUT2D eigenvalue weighted by molar-refractivity contribution is 0.0838. The van der Waals surface area contributed by atoms with Crippen molar-refractivity contribution in [2.75, 3.05) is 0 Å². The van der Waals surface area contributed by atoms with Crippen LogP contribution in [0, 0.1) is 5.82 Å². The normalized spacial score (nSPS) is 17.4. The van der Waals surface area contributed by atoms with Gasteiger partial charge in [-0.1, -0.05) is 49.6 Å². The van der Waals surface area contributed by atoms with Gasteiger partial charge in [0.05, 0.1) is 11.6 Å². The minimum absolute atomic E-state index is 0.000370. The van der Waals surface area contributed by atoms with E-state index in [1.807, 2.05) is 30.3 Å². The number of hydrogen-bond donors (Lipinski definition) is 0. The molecule has 1 aliphatic carbocycles. The van der Waals surface area contributed by atoms with Crippen molar-refractivity contribution in [3.05, 3.63) is 65.7 Å². The Kier molecular flexibility index (Phi) is 3.82. The predicted molar refractivity (Wildman–Crippen MR) is 79.7 cm³/mol. The van der Waals surface area contributed by atoms with Gasteiger partial charge in [-0.15, -0.1) is 0 Å². The SMILES string of the molecule is O=C(c1cncc(F)c1)C1(c2ccccc2)CCCCC1. The third-order valence-corrected chi connectivity index (χ3v) is 4.44. The van der Waals surface area contributed by atoms with Gasteiger partial charge in [0.2, 0.25) is 0 Å². The number of carbonyl (C=O) groups excluding carboxylic acids is 1. The summed E-state index contributed by atoms with van der Waals surface area (Å²) >= 11 is 0. The van der Waals surface area contributed by atoms with Gasteiger partial charge in [-0.3, -0.25) is 9.78 Å². The molecule has 0 unspecified atom stereocenters. The van der Waals surface area contributed by atoms with E-state index in [1.165, 1.54) is 12.3 Å². The highest BCUT2D eigenvalue weighted by Crippen LogP contribution is 2.41. The van der Waals surface area contributed by atoms with Gasteiger partial charge in [-0.05, 0) is 24.5 Å². The molecule has 21 heavy (non-hydrogen) atoms. The van der Waals surface area contributed by atoms with Crippen molar-refractivity contribution >= 4 is 5.78 Å². The first-order chi connectivity index (χ1) is 10.2. The summed E-state index contributed by atoms with van der Waals surface area (Å²) in [6.07, 6.45) is 7.48. The highest BCUT2D eigenvalue weighted by molar-refractivity contribution is 6.04. The van der Waals surface area contributed by atoms with Crippen molar-refractivity contribution in [2.45, 2.75) is 37.5 Å². The van der Waals surface area contributed by atoms with Crippen molar-refractivity contribution in [2.24, 2.45) is 0 Å². The molecule has 2 aromatic rings. The standard InChI is InChI=1S/C18H18FNO/c19-16-11-14(12-20-13-16)17(21)18(9-5-2-6-10-18)15-7-3-1-4-8-15/h1,3-4,7-8,11-13H,2,5-6,9-10H2. The first-order valence-corrected chi connectivity index (χ1v) is 7.43. The second-order valence-corrected chi connectivity index (χ2v) is 5.73. The monoisotopic (exact) mass is 283 g/mol. The van der Waals surface area contributed by atoms with Gasteiger partial charge in [0, 0.05) is 11.8 Å². The Morgan fingerprint density at radius 3 is 2.43 bits per heavy atom. The third-order valence-electron chi connectivity index (χ3n) is 4.44. The number of hydrogen-bond acceptors (Lipinski definition) is 2. The summed E-state index contributed by atoms with van der Waals surface area (Å²) in [5.74, 6) is -0.458. The Morgan fingerprint density at radius 1 is 1.05 bits per heavy atom. The number of nitrogens with zero attached hydrogens (tertiary/aromatic N) is 1. The molecule has 108 valence electrons. The molecule has 0 radical (unpaired) electrons. The Morgan fingerprint density at radius 2 is 1.76 bits per heavy atom. The Hall–Kier alpha value is -2.03. The largest absolute Gasteiger partial charge is 0.293 e. The summed E-state index contributed by atoms with van der Waals surface area (Å²) in [5.41, 5.74) is 0.898. The molecule has 1 heterocycles. The molecule has 1 saturated carbocycles. The van der Waals surface area contributed by atoms with Crippen LogP contribution in [0.5, 0.6) is 0 Å². The minimum atomic E-state index is -0.519. The zero-order valence-corrected chi connectivity index (χ0v) is 11.9. The lowest BCUT2D eigenvalue weighted by atomic mass is 9.65. The van der Waals surface area contributed by atoms with Crippen LogP contribution in [0.15, 0.2) is 48.8 Å². The third kappa shape index (κ3) is 2.60. The molecule has 3 rings (SSSR count). The van der Waals surface area contributed by atoms with E-state index in [-0.39, 0.29) is 5.78 Å². The van der Waals surface area contributed by atoms with Crippen LogP contribution < -0.4 is 0 Å². The summed E-state index contributed by atoms with van der Waals surface area (Å²) in [6, 6.07) is 11.2. The maximum Gasteiger partial charge on any atom is 0.175 e. The number of halogens is 1. The van der Waals surface area contributed by atoms with Crippen LogP contribution in [0.4, 0.5) is 4.39 Å². The highest BCUT2D eigenvalue weighted by atomic mass is 19.1. The first-order valence-electron chi connectivity index (χ1n) is 7.43. The molecule has 1 fully saturated rings. The second kappa shape index (κ2) is 5.76. The molecule has 2 nitrogen and oxygen atoms in total. The van der Waals surface area contributed by atoms with E-state index in [0.717, 1.165) is 43.9 Å². The van der Waals surface area contributed by atoms with Gasteiger partial charge in [-0.2, -0.15) is 0 Å². The van der Waals surface area contributed by atoms with E-state index >= 15 is 0 Å². The van der Waals surface area contributed by atoms with E-state index in [9.17, 15) is 9.18 Å². The van der Waals surface area contributed by atoms with E-state index in [1.54, 1.807) is 0 Å². The highest BCUT2D eigenvalue weighted by Gasteiger charge is 2.41. The maximum atomic E-state index is 13.4. The Bertz CT molecular complexity index is 633. The number of carbonyl (C=O) groups is 1. The van der Waals surface area contributed by atoms with E-state index < -0.39 is 11.2 Å². The summed E-state index contributed by atoms with van der Waals surface area (Å²) in [5, 5.41) is 0. The van der Waals surface area contributed by atoms with Crippen molar-refractivity contribution in [1.82, 2.24) is 4.98 Å². The van der Waals surface area contributed by atoms with Crippen molar-refractivity contribution in [3.8, 4) is 0 Å². The molecule has 1 aromatic carbocycles. The van der Waals surface area contributed by atoms with Crippen LogP contribution >= 0.6 is 0 Å². The fourth-order valence-electron chi connectivity index (χ4n) is 3.37. The molecule has 0 atom stereocenters. The zero-order valence-electron chi connectivity index (χ0n) is 11.9. The van der Waals surface area contributed by atoms with Crippen LogP contribution in [0.1, 0.15) is 48.0 Å². The minimum Gasteiger partial charge on any atom is -0.293 e. The summed E-state index contributed by atoms with van der Waals surface area (Å²) in [4.78, 5) is 16.9. The lowest BCUT2D eigenvalue weighted by Gasteiger charge is -2.36. The van der Waals surface area contributed by atoms with Crippen LogP contribution in [-0.2, 0) is 5.41 Å². The number of aromatic nitrogens is 1. The molecule has 0 amide bonds. The van der Waals surface area contributed by atoms with Crippen LogP contribution in [-0.4, -0.2) is 10.8 Å². The van der Waals surface area contributed by atoms with Gasteiger partial charge < -0.3 is 0 Å². The van der Waals surface area contributed by atoms with E-state index in [2.05, 4.69) is 4.98 Å². The summed E-state index contributed by atoms with van der Waals surface area (Å²) < 4.78 is 13.4. The number of pyridine rings is 1. The number of ketones is 1. The molecule has 3 heteroatoms. The number of Topliss-reactive ketones (excluding diaryl/α,β-unsaturated/α-hetero) is 1. The van der Waals surface area contributed by atoms with Crippen molar-refractivity contribution in [3.63, 3.8) is 0 Å². The quantitative estimate of drug-likeness (QED) is 0.786. The predicted octanol–water partition coefficient (Wildman–Crippen LogP) is 4.31. The van der Waals surface area contributed by atoms with Crippen LogP contribution in [0.25, 0.3) is 0 Å². The van der Waals surface area contributed by atoms with Crippen molar-refractivity contribution < 1.29 is 9.18 Å². The molecule has 1 aromatic heterocycles. The zero-order chi connectivity index (χ0) is 14.7. The molecule has 0 aliphatic heterocycles. The Balaban J connectivity index is 2.06. The summed E-state index contributed by atoms with van der Waals surface area (Å²) in [6.45, 7) is 0.